The van der Waals surface area contributed by atoms with Gasteiger partial charge in [0.2, 0.25) is 5.91 Å². The summed E-state index contributed by atoms with van der Waals surface area (Å²) in [5.41, 5.74) is 0.789. The van der Waals surface area contributed by atoms with E-state index in [1.54, 1.807) is 0 Å². The van der Waals surface area contributed by atoms with E-state index in [4.69, 9.17) is 4.74 Å². The molecule has 0 atom stereocenters. The first kappa shape index (κ1) is 14.6. The summed E-state index contributed by atoms with van der Waals surface area (Å²) in [5, 5.41) is 8.26. The molecule has 1 aromatic carbocycles. The highest BCUT2D eigenvalue weighted by Gasteiger charge is 2.33. The zero-order valence-electron chi connectivity index (χ0n) is 12.8. The lowest BCUT2D eigenvalue weighted by molar-refractivity contribution is -0.140. The van der Waals surface area contributed by atoms with Gasteiger partial charge in [-0.1, -0.05) is 37.3 Å². The van der Waals surface area contributed by atoms with Crippen LogP contribution in [-0.4, -0.2) is 38.9 Å². The molecule has 1 aliphatic rings. The topological polar surface area (TPSA) is 60.2 Å². The van der Waals surface area contributed by atoms with Gasteiger partial charge in [-0.15, -0.1) is 5.10 Å². The van der Waals surface area contributed by atoms with Crippen LogP contribution in [0.4, 0.5) is 0 Å². The minimum absolute atomic E-state index is 0.0477. The quantitative estimate of drug-likeness (QED) is 0.846. The molecule has 0 aliphatic carbocycles. The minimum atomic E-state index is 0.0477. The van der Waals surface area contributed by atoms with E-state index in [1.165, 1.54) is 0 Å². The third-order valence-electron chi connectivity index (χ3n) is 3.73. The highest BCUT2D eigenvalue weighted by molar-refractivity contribution is 5.78. The average Bonchev–Trinajstić information content (AvgIpc) is 2.93. The van der Waals surface area contributed by atoms with E-state index in [2.05, 4.69) is 10.3 Å². The van der Waals surface area contributed by atoms with Gasteiger partial charge in [-0.25, -0.2) is 4.68 Å². The van der Waals surface area contributed by atoms with Crippen LogP contribution < -0.4 is 4.74 Å². The number of para-hydroxylation sites is 1. The molecule has 1 aromatic heterocycles. The number of nitrogens with zero attached hydrogens (tertiary/aromatic N) is 4. The predicted octanol–water partition coefficient (Wildman–Crippen LogP) is 1.90. The molecular weight excluding hydrogens is 280 g/mol. The molecule has 1 saturated heterocycles. The Kier molecular flexibility index (Phi) is 4.09. The minimum Gasteiger partial charge on any atom is -0.487 e. The standard InChI is InChI=1S/C16H20N4O2/c1-12(2)16(21)19-9-14(10-19)20-8-13(17-18-20)11-22-15-6-4-3-5-7-15/h3-8,12,14H,9-11H2,1-2H3. The molecule has 1 aliphatic heterocycles. The number of rotatable bonds is 5. The van der Waals surface area contributed by atoms with E-state index in [0.29, 0.717) is 19.7 Å². The second kappa shape index (κ2) is 6.17. The third-order valence-corrected chi connectivity index (χ3v) is 3.73. The molecule has 0 saturated carbocycles. The fraction of sp³-hybridized carbons (Fsp3) is 0.438. The Balaban J connectivity index is 1.51. The molecule has 0 spiro atoms. The van der Waals surface area contributed by atoms with E-state index >= 15 is 0 Å². The molecule has 1 amide bonds. The molecule has 2 heterocycles. The Morgan fingerprint density at radius 3 is 2.73 bits per heavy atom. The number of amides is 1. The summed E-state index contributed by atoms with van der Waals surface area (Å²) in [7, 11) is 0. The van der Waals surface area contributed by atoms with Crippen LogP contribution in [0, 0.1) is 5.92 Å². The summed E-state index contributed by atoms with van der Waals surface area (Å²) in [6.45, 7) is 5.65. The van der Waals surface area contributed by atoms with Crippen molar-refractivity contribution in [2.75, 3.05) is 13.1 Å². The number of aromatic nitrogens is 3. The molecule has 1 fully saturated rings. The van der Waals surface area contributed by atoms with Crippen molar-refractivity contribution in [1.82, 2.24) is 19.9 Å². The zero-order chi connectivity index (χ0) is 15.5. The third kappa shape index (κ3) is 3.10. The molecule has 6 nitrogen and oxygen atoms in total. The molecule has 0 unspecified atom stereocenters. The summed E-state index contributed by atoms with van der Waals surface area (Å²) < 4.78 is 7.47. The molecular formula is C16H20N4O2. The molecule has 0 N–H and O–H groups in total. The van der Waals surface area contributed by atoms with Crippen molar-refractivity contribution in [2.45, 2.75) is 26.5 Å². The van der Waals surface area contributed by atoms with Crippen molar-refractivity contribution >= 4 is 5.91 Å². The van der Waals surface area contributed by atoms with E-state index in [0.717, 1.165) is 11.4 Å². The summed E-state index contributed by atoms with van der Waals surface area (Å²) >= 11 is 0. The monoisotopic (exact) mass is 300 g/mol. The van der Waals surface area contributed by atoms with E-state index in [9.17, 15) is 4.79 Å². The number of hydrogen-bond donors (Lipinski definition) is 0. The maximum atomic E-state index is 11.8. The molecule has 116 valence electrons. The molecule has 22 heavy (non-hydrogen) atoms. The van der Waals surface area contributed by atoms with Crippen LogP contribution in [0.2, 0.25) is 0 Å². The summed E-state index contributed by atoms with van der Waals surface area (Å²) in [6.07, 6.45) is 1.89. The van der Waals surface area contributed by atoms with E-state index in [1.807, 2.05) is 60.0 Å². The number of hydrogen-bond acceptors (Lipinski definition) is 4. The number of carbonyl (C=O) groups excluding carboxylic acids is 1. The van der Waals surface area contributed by atoms with Gasteiger partial charge >= 0.3 is 0 Å². The largest absolute Gasteiger partial charge is 0.487 e. The van der Waals surface area contributed by atoms with Crippen molar-refractivity contribution in [3.05, 3.63) is 42.2 Å². The average molecular weight is 300 g/mol. The van der Waals surface area contributed by atoms with Gasteiger partial charge in [0.05, 0.1) is 12.2 Å². The lowest BCUT2D eigenvalue weighted by Crippen LogP contribution is -2.52. The van der Waals surface area contributed by atoms with Gasteiger partial charge in [0.15, 0.2) is 0 Å². The summed E-state index contributed by atoms with van der Waals surface area (Å²) in [6, 6.07) is 9.85. The number of carbonyl (C=O) groups is 1. The first-order chi connectivity index (χ1) is 10.6. The Bertz CT molecular complexity index is 633. The second-order valence-corrected chi connectivity index (χ2v) is 5.84. The van der Waals surface area contributed by atoms with Gasteiger partial charge in [-0.3, -0.25) is 4.79 Å². The normalized spacial score (nSPS) is 15.0. The molecule has 3 rings (SSSR count). The van der Waals surface area contributed by atoms with Crippen molar-refractivity contribution in [1.29, 1.82) is 0 Å². The van der Waals surface area contributed by atoms with Crippen molar-refractivity contribution in [3.63, 3.8) is 0 Å². The number of likely N-dealkylation sites (tertiary alicyclic amines) is 1. The maximum absolute atomic E-state index is 11.8. The number of ether oxygens (including phenoxy) is 1. The van der Waals surface area contributed by atoms with Gasteiger partial charge in [-0.05, 0) is 12.1 Å². The van der Waals surface area contributed by atoms with Crippen LogP contribution in [0.25, 0.3) is 0 Å². The van der Waals surface area contributed by atoms with Crippen LogP contribution in [-0.2, 0) is 11.4 Å². The smallest absolute Gasteiger partial charge is 0.225 e. The number of benzene rings is 1. The Morgan fingerprint density at radius 2 is 2.05 bits per heavy atom. The Hall–Kier alpha value is -2.37. The maximum Gasteiger partial charge on any atom is 0.225 e. The van der Waals surface area contributed by atoms with Gasteiger partial charge < -0.3 is 9.64 Å². The van der Waals surface area contributed by atoms with Crippen molar-refractivity contribution < 1.29 is 9.53 Å². The van der Waals surface area contributed by atoms with Gasteiger partial charge in [0, 0.05) is 19.0 Å². The van der Waals surface area contributed by atoms with Crippen molar-refractivity contribution in [3.8, 4) is 5.75 Å². The SMILES string of the molecule is CC(C)C(=O)N1CC(n2cc(COc3ccccc3)nn2)C1. The lowest BCUT2D eigenvalue weighted by Gasteiger charge is -2.39. The highest BCUT2D eigenvalue weighted by atomic mass is 16.5. The highest BCUT2D eigenvalue weighted by Crippen LogP contribution is 2.22. The van der Waals surface area contributed by atoms with Gasteiger partial charge in [0.25, 0.3) is 0 Å². The van der Waals surface area contributed by atoms with Gasteiger partial charge in [-0.2, -0.15) is 0 Å². The van der Waals surface area contributed by atoms with E-state index in [-0.39, 0.29) is 17.9 Å². The zero-order valence-corrected chi connectivity index (χ0v) is 12.8. The van der Waals surface area contributed by atoms with Crippen LogP contribution in [0.5, 0.6) is 5.75 Å². The van der Waals surface area contributed by atoms with Crippen LogP contribution in [0.3, 0.4) is 0 Å². The summed E-state index contributed by atoms with van der Waals surface area (Å²) in [4.78, 5) is 13.7. The molecule has 6 heteroatoms. The molecule has 0 radical (unpaired) electrons. The first-order valence-corrected chi connectivity index (χ1v) is 7.51. The lowest BCUT2D eigenvalue weighted by atomic mass is 10.1. The molecule has 0 bridgehead atoms. The van der Waals surface area contributed by atoms with Crippen LogP contribution in [0.15, 0.2) is 36.5 Å². The first-order valence-electron chi connectivity index (χ1n) is 7.51. The van der Waals surface area contributed by atoms with Crippen LogP contribution >= 0.6 is 0 Å². The second-order valence-electron chi connectivity index (χ2n) is 5.84. The fourth-order valence-corrected chi connectivity index (χ4v) is 2.40. The van der Waals surface area contributed by atoms with Crippen molar-refractivity contribution in [2.24, 2.45) is 5.92 Å². The molecule has 2 aromatic rings. The Morgan fingerprint density at radius 1 is 1.32 bits per heavy atom. The fourth-order valence-electron chi connectivity index (χ4n) is 2.40. The summed E-state index contributed by atoms with van der Waals surface area (Å²) in [5.74, 6) is 1.06. The Labute approximate surface area is 129 Å². The van der Waals surface area contributed by atoms with Gasteiger partial charge in [0.1, 0.15) is 18.1 Å². The van der Waals surface area contributed by atoms with Crippen LogP contribution in [0.1, 0.15) is 25.6 Å². The van der Waals surface area contributed by atoms with E-state index < -0.39 is 0 Å². The predicted molar refractivity (Wildman–Crippen MR) is 81.3 cm³/mol.